The molecule has 0 amide bonds. The first kappa shape index (κ1) is 82.5. The van der Waals surface area contributed by atoms with Gasteiger partial charge in [-0.15, -0.1) is 0 Å². The summed E-state index contributed by atoms with van der Waals surface area (Å²) < 4.78 is 0. The first-order valence-corrected chi connectivity index (χ1v) is 35.3. The van der Waals surface area contributed by atoms with Crippen molar-refractivity contribution >= 4 is 0 Å². The Labute approximate surface area is 552 Å². The van der Waals surface area contributed by atoms with Gasteiger partial charge < -0.3 is 0 Å². The van der Waals surface area contributed by atoms with E-state index in [0.717, 1.165) is 158 Å². The molecule has 0 N–H and O–H groups in total. The summed E-state index contributed by atoms with van der Waals surface area (Å²) in [7, 11) is 0. The maximum atomic E-state index is 4.65. The van der Waals surface area contributed by atoms with Crippen LogP contribution in [0.2, 0.25) is 0 Å². The molecule has 0 saturated heterocycles. The number of hydrogen-bond acceptors (Lipinski definition) is 12. The Balaban J connectivity index is 0.000000541. The van der Waals surface area contributed by atoms with Gasteiger partial charge in [0.25, 0.3) is 0 Å². The highest BCUT2D eigenvalue weighted by atomic mass is 14.8. The predicted octanol–water partition coefficient (Wildman–Crippen LogP) is 19.6. The fraction of sp³-hybridized carbons (Fsp3) is 0.692. The van der Waals surface area contributed by atoms with E-state index in [0.29, 0.717) is 35.5 Å². The van der Waals surface area contributed by atoms with E-state index in [2.05, 4.69) is 226 Å². The molecule has 0 radical (unpaired) electrons. The van der Waals surface area contributed by atoms with Crippen molar-refractivity contribution in [1.29, 1.82) is 0 Å². The summed E-state index contributed by atoms with van der Waals surface area (Å²) in [5.74, 6) is 8.33. The number of aromatic nitrogens is 12. The minimum Gasteiger partial charge on any atom is -0.261 e. The van der Waals surface area contributed by atoms with Crippen molar-refractivity contribution in [2.24, 2.45) is 71.0 Å². The summed E-state index contributed by atoms with van der Waals surface area (Å²) in [5.41, 5.74) is 13.8. The molecule has 0 saturated carbocycles. The first-order chi connectivity index (χ1) is 42.5. The molecule has 0 aliphatic rings. The fourth-order valence-electron chi connectivity index (χ4n) is 9.17. The molecule has 90 heavy (non-hydrogen) atoms. The minimum atomic E-state index is 0.651. The molecule has 12 nitrogen and oxygen atoms in total. The van der Waals surface area contributed by atoms with Gasteiger partial charge in [0.15, 0.2) is 0 Å². The van der Waals surface area contributed by atoms with Crippen molar-refractivity contribution in [3.63, 3.8) is 0 Å². The van der Waals surface area contributed by atoms with Crippen LogP contribution >= 0.6 is 0 Å². The van der Waals surface area contributed by atoms with E-state index in [1.165, 1.54) is 61.3 Å². The van der Waals surface area contributed by atoms with Crippen LogP contribution in [0.4, 0.5) is 0 Å². The van der Waals surface area contributed by atoms with E-state index in [-0.39, 0.29) is 0 Å². The molecule has 12 heteroatoms. The van der Waals surface area contributed by atoms with Crippen LogP contribution in [0.15, 0.2) is 74.4 Å². The quantitative estimate of drug-likeness (QED) is 0.0421. The van der Waals surface area contributed by atoms with Crippen LogP contribution < -0.4 is 0 Å². The standard InChI is InChI=1S/3C14H24N2.3C12H20N2/c1-11(2)5-7-13-9-16-14(10-15-13)8-6-12(3)4;1-11(2)5-7-13-9-15-10-14(16-13)8-6-12(3)4;1-11(2)5-7-13-14(8-6-12(3)4)16-10-9-15-13;1-9(2)5-11-7-14-12(8-13-11)6-10(3)4;1-9(2)5-11-7-13-8-12(14-11)6-10(3)4;1-9(2)7-11-12(8-10(3)4)14-6-5-13-11/h3*9-12H,5-8H2,1-4H3;2*7-10H,5-6H2,1-4H3;5-6,9-10H,7-8H2,1-4H3. The molecule has 0 fully saturated rings. The molecule has 0 bridgehead atoms. The third-order valence-corrected chi connectivity index (χ3v) is 14.2. The van der Waals surface area contributed by atoms with Crippen molar-refractivity contribution in [2.75, 3.05) is 0 Å². The summed E-state index contributed by atoms with van der Waals surface area (Å²) >= 11 is 0. The number of aryl methyl sites for hydroxylation is 6. The third kappa shape index (κ3) is 44.9. The van der Waals surface area contributed by atoms with Gasteiger partial charge in [-0.2, -0.15) is 0 Å². The molecule has 504 valence electrons. The van der Waals surface area contributed by atoms with Crippen LogP contribution in [0.3, 0.4) is 0 Å². The largest absolute Gasteiger partial charge is 0.261 e. The first-order valence-electron chi connectivity index (χ1n) is 35.3. The number of nitrogens with zero attached hydrogens (tertiary/aromatic N) is 12. The second-order valence-electron chi connectivity index (χ2n) is 30.1. The van der Waals surface area contributed by atoms with Crippen LogP contribution in [-0.2, 0) is 77.0 Å². The lowest BCUT2D eigenvalue weighted by Gasteiger charge is -2.10. The lowest BCUT2D eigenvalue weighted by atomic mass is 10.0. The highest BCUT2D eigenvalue weighted by Crippen LogP contribution is 2.17. The van der Waals surface area contributed by atoms with Crippen molar-refractivity contribution < 1.29 is 0 Å². The molecule has 6 aromatic heterocycles. The van der Waals surface area contributed by atoms with Crippen LogP contribution in [0.1, 0.15) is 273 Å². The van der Waals surface area contributed by atoms with E-state index < -0.39 is 0 Å². The van der Waals surface area contributed by atoms with E-state index in [4.69, 9.17) is 0 Å². The molecule has 0 aliphatic carbocycles. The van der Waals surface area contributed by atoms with Crippen molar-refractivity contribution in [3.8, 4) is 0 Å². The number of hydrogen-bond donors (Lipinski definition) is 0. The second-order valence-corrected chi connectivity index (χ2v) is 30.1. The van der Waals surface area contributed by atoms with Crippen LogP contribution in [0.25, 0.3) is 0 Å². The van der Waals surface area contributed by atoms with Gasteiger partial charge in [-0.1, -0.05) is 166 Å². The Morgan fingerprint density at radius 1 is 0.200 bits per heavy atom. The molecule has 0 aromatic carbocycles. The normalized spacial score (nSPS) is 11.3. The maximum Gasteiger partial charge on any atom is 0.0621 e. The summed E-state index contributed by atoms with van der Waals surface area (Å²) in [5, 5.41) is 0. The Bertz CT molecular complexity index is 2500. The Morgan fingerprint density at radius 2 is 0.422 bits per heavy atom. The third-order valence-electron chi connectivity index (χ3n) is 14.2. The van der Waals surface area contributed by atoms with Crippen molar-refractivity contribution in [2.45, 2.75) is 282 Å². The monoisotopic (exact) mass is 1240 g/mol. The number of rotatable bonds is 30. The van der Waals surface area contributed by atoms with Gasteiger partial charge in [0.05, 0.1) is 68.3 Å². The summed E-state index contributed by atoms with van der Waals surface area (Å²) in [4.78, 5) is 53.3. The van der Waals surface area contributed by atoms with Crippen molar-refractivity contribution in [1.82, 2.24) is 59.8 Å². The second kappa shape index (κ2) is 48.3. The molecule has 0 unspecified atom stereocenters. The van der Waals surface area contributed by atoms with Gasteiger partial charge in [0.2, 0.25) is 0 Å². The lowest BCUT2D eigenvalue weighted by Crippen LogP contribution is -2.07. The zero-order chi connectivity index (χ0) is 67.6. The van der Waals surface area contributed by atoms with Gasteiger partial charge in [-0.25, -0.2) is 0 Å². The Kier molecular flexibility index (Phi) is 44.2. The van der Waals surface area contributed by atoms with Gasteiger partial charge >= 0.3 is 0 Å². The van der Waals surface area contributed by atoms with E-state index in [9.17, 15) is 0 Å². The summed E-state index contributed by atoms with van der Waals surface area (Å²) in [6.07, 6.45) is 42.2. The van der Waals surface area contributed by atoms with Crippen LogP contribution in [-0.4, -0.2) is 59.8 Å². The molecular weight excluding hydrogens is 1100 g/mol. The topological polar surface area (TPSA) is 155 Å². The zero-order valence-corrected chi connectivity index (χ0v) is 62.0. The average Bonchev–Trinajstić information content (AvgIpc) is 3.67. The van der Waals surface area contributed by atoms with Crippen molar-refractivity contribution in [3.05, 3.63) is 143 Å². The summed E-state index contributed by atoms with van der Waals surface area (Å²) in [6, 6.07) is 0. The SMILES string of the molecule is CC(C)CCc1cnc(CCC(C)C)cn1.CC(C)CCc1cncc(CCC(C)C)n1.CC(C)CCc1nccnc1CCC(C)C.CC(C)Cc1cnc(CC(C)C)cn1.CC(C)Cc1cncc(CC(C)C)n1.CC(C)Cc1nccnc1CC(C)C. The average molecular weight is 1240 g/mol. The van der Waals surface area contributed by atoms with Crippen LogP contribution in [0, 0.1) is 71.0 Å². The molecule has 6 aromatic rings. The van der Waals surface area contributed by atoms with E-state index in [1.54, 1.807) is 12.4 Å². The maximum absolute atomic E-state index is 4.65. The molecule has 6 rings (SSSR count). The fourth-order valence-corrected chi connectivity index (χ4v) is 9.17. The lowest BCUT2D eigenvalue weighted by molar-refractivity contribution is 0.560. The van der Waals surface area contributed by atoms with E-state index >= 15 is 0 Å². The van der Waals surface area contributed by atoms with Crippen LogP contribution in [0.5, 0.6) is 0 Å². The molecular formula is C78H132N12. The highest BCUT2D eigenvalue weighted by molar-refractivity contribution is 5.13. The van der Waals surface area contributed by atoms with Gasteiger partial charge in [-0.05, 0) is 187 Å². The Hall–Kier alpha value is -5.52. The highest BCUT2D eigenvalue weighted by Gasteiger charge is 2.11. The van der Waals surface area contributed by atoms with E-state index in [1.807, 2.05) is 62.0 Å². The molecule has 0 aliphatic heterocycles. The Morgan fingerprint density at radius 3 is 0.689 bits per heavy atom. The minimum absolute atomic E-state index is 0.651. The smallest absolute Gasteiger partial charge is 0.0621 e. The summed E-state index contributed by atoms with van der Waals surface area (Å²) in [6.45, 7) is 53.4. The zero-order valence-electron chi connectivity index (χ0n) is 62.0. The van der Waals surface area contributed by atoms with Gasteiger partial charge in [0.1, 0.15) is 0 Å². The molecule has 6 heterocycles. The molecule has 0 spiro atoms. The van der Waals surface area contributed by atoms with Gasteiger partial charge in [0, 0.05) is 74.4 Å². The predicted molar refractivity (Wildman–Crippen MR) is 382 cm³/mol. The molecule has 0 atom stereocenters. The van der Waals surface area contributed by atoms with Gasteiger partial charge in [-0.3, -0.25) is 59.8 Å².